The molecule has 3 aromatic rings. The van der Waals surface area contributed by atoms with Crippen LogP contribution >= 0.6 is 11.6 Å². The molecule has 0 amide bonds. The molecule has 0 aromatic heterocycles. The summed E-state index contributed by atoms with van der Waals surface area (Å²) < 4.78 is 53.6. The summed E-state index contributed by atoms with van der Waals surface area (Å²) in [7, 11) is 0. The Balaban J connectivity index is 1.30. The van der Waals surface area contributed by atoms with Crippen molar-refractivity contribution in [2.75, 3.05) is 25.0 Å². The number of nitrogens with one attached hydrogen (secondary N) is 1. The van der Waals surface area contributed by atoms with E-state index < -0.39 is 28.2 Å². The molecule has 3 aromatic carbocycles. The zero-order valence-electron chi connectivity index (χ0n) is 20.7. The Morgan fingerprint density at radius 3 is 2.42 bits per heavy atom. The maximum absolute atomic E-state index is 13.9. The quantitative estimate of drug-likeness (QED) is 0.222. The van der Waals surface area contributed by atoms with E-state index in [2.05, 4.69) is 10.2 Å². The van der Waals surface area contributed by atoms with Crippen molar-refractivity contribution >= 4 is 23.1 Å². The summed E-state index contributed by atoms with van der Waals surface area (Å²) in [6.07, 6.45) is -3.24. The fraction of sp³-hybridized carbons (Fsp3) is 0.345. The van der Waals surface area contributed by atoms with E-state index in [0.29, 0.717) is 43.9 Å². The number of aliphatic hydroxyl groups is 1. The summed E-state index contributed by atoms with van der Waals surface area (Å²) in [6.45, 7) is 2.02. The third kappa shape index (κ3) is 6.92. The van der Waals surface area contributed by atoms with Gasteiger partial charge in [-0.1, -0.05) is 48.0 Å². The van der Waals surface area contributed by atoms with Crippen LogP contribution in [0, 0.1) is 5.82 Å². The van der Waals surface area contributed by atoms with Gasteiger partial charge in [0.2, 0.25) is 0 Å². The third-order valence-corrected chi connectivity index (χ3v) is 7.31. The minimum absolute atomic E-state index is 0.102. The fourth-order valence-electron chi connectivity index (χ4n) is 4.76. The first-order valence-corrected chi connectivity index (χ1v) is 12.9. The van der Waals surface area contributed by atoms with Crippen LogP contribution < -0.4 is 5.32 Å². The van der Waals surface area contributed by atoms with Crippen molar-refractivity contribution in [3.05, 3.63) is 99.8 Å². The number of benzene rings is 3. The molecule has 0 radical (unpaired) electrons. The summed E-state index contributed by atoms with van der Waals surface area (Å²) in [5.41, 5.74) is -0.236. The van der Waals surface area contributed by atoms with Gasteiger partial charge in [-0.2, -0.15) is 13.2 Å². The predicted octanol–water partition coefficient (Wildman–Crippen LogP) is 7.06. The lowest BCUT2D eigenvalue weighted by molar-refractivity contribution is -0.137. The average Bonchev–Trinajstić information content (AvgIpc) is 2.89. The summed E-state index contributed by atoms with van der Waals surface area (Å²) in [6, 6.07) is 17.2. The van der Waals surface area contributed by atoms with Crippen LogP contribution in [0.15, 0.2) is 66.7 Å². The first-order chi connectivity index (χ1) is 18.0. The number of nitrogens with zero attached hydrogens (tertiary/aromatic N) is 1. The number of Topliss-reactive ketones (excluding diaryl/α,β-unsaturated/α-hetero) is 1. The van der Waals surface area contributed by atoms with E-state index in [1.807, 2.05) is 30.3 Å². The van der Waals surface area contributed by atoms with Gasteiger partial charge in [0.15, 0.2) is 5.78 Å². The number of hydrogen-bond donors (Lipinski definition) is 2. The molecule has 1 fully saturated rings. The first kappa shape index (κ1) is 28.1. The second kappa shape index (κ2) is 11.8. The van der Waals surface area contributed by atoms with Crippen LogP contribution in [0.5, 0.6) is 0 Å². The van der Waals surface area contributed by atoms with Crippen molar-refractivity contribution in [2.24, 2.45) is 0 Å². The number of rotatable bonds is 9. The molecule has 4 nitrogen and oxygen atoms in total. The summed E-state index contributed by atoms with van der Waals surface area (Å²) >= 11 is 5.72. The van der Waals surface area contributed by atoms with Gasteiger partial charge in [-0.15, -0.1) is 0 Å². The zero-order chi connectivity index (χ0) is 27.3. The number of carbonyl (C=O) groups is 1. The standard InChI is InChI=1S/C29H29ClF4N2O2/c30-25-11-8-21(17-24(25)29(32,33)34)28(38)12-15-36(16-13-28)14-4-7-27(37)23-10-9-22(31)18-26(23)35-19-20-5-2-1-3-6-20/h1-3,5-6,8-11,17-18,35,38H,4,7,12-16,19H2. The molecule has 1 saturated heterocycles. The van der Waals surface area contributed by atoms with E-state index in [1.54, 1.807) is 0 Å². The molecule has 0 saturated carbocycles. The lowest BCUT2D eigenvalue weighted by Gasteiger charge is -2.38. The number of anilines is 1. The molecule has 9 heteroatoms. The molecule has 0 aliphatic carbocycles. The number of likely N-dealkylation sites (tertiary alicyclic amines) is 1. The van der Waals surface area contributed by atoms with E-state index in [9.17, 15) is 27.5 Å². The molecular weight excluding hydrogens is 520 g/mol. The summed E-state index contributed by atoms with van der Waals surface area (Å²) in [5.74, 6) is -0.532. The van der Waals surface area contributed by atoms with Crippen LogP contribution in [0.2, 0.25) is 5.02 Å². The van der Waals surface area contributed by atoms with Crippen molar-refractivity contribution < 1.29 is 27.5 Å². The van der Waals surface area contributed by atoms with Gasteiger partial charge < -0.3 is 15.3 Å². The number of ketones is 1. The van der Waals surface area contributed by atoms with E-state index >= 15 is 0 Å². The third-order valence-electron chi connectivity index (χ3n) is 6.98. The zero-order valence-corrected chi connectivity index (χ0v) is 21.5. The molecule has 0 bridgehead atoms. The van der Waals surface area contributed by atoms with Crippen LogP contribution in [0.25, 0.3) is 0 Å². The molecule has 38 heavy (non-hydrogen) atoms. The summed E-state index contributed by atoms with van der Waals surface area (Å²) in [5, 5.41) is 13.8. The fourth-order valence-corrected chi connectivity index (χ4v) is 4.99. The van der Waals surface area contributed by atoms with Gasteiger partial charge in [-0.05, 0) is 67.3 Å². The average molecular weight is 549 g/mol. The van der Waals surface area contributed by atoms with Gasteiger partial charge in [0.1, 0.15) is 5.82 Å². The van der Waals surface area contributed by atoms with Crippen molar-refractivity contribution in [3.8, 4) is 0 Å². The molecule has 1 aliphatic heterocycles. The highest BCUT2D eigenvalue weighted by Gasteiger charge is 2.38. The normalized spacial score (nSPS) is 15.8. The van der Waals surface area contributed by atoms with Gasteiger partial charge >= 0.3 is 6.18 Å². The smallest absolute Gasteiger partial charge is 0.385 e. The SMILES string of the molecule is O=C(CCCN1CCC(O)(c2ccc(Cl)c(C(F)(F)F)c2)CC1)c1ccc(F)cc1NCc1ccccc1. The molecule has 4 rings (SSSR count). The van der Waals surface area contributed by atoms with Crippen molar-refractivity contribution in [1.29, 1.82) is 0 Å². The molecular formula is C29H29ClF4N2O2. The van der Waals surface area contributed by atoms with Gasteiger partial charge in [0, 0.05) is 37.3 Å². The number of halogens is 5. The maximum atomic E-state index is 13.9. The number of hydrogen-bond acceptors (Lipinski definition) is 4. The Labute approximate surface area is 224 Å². The van der Waals surface area contributed by atoms with Gasteiger partial charge in [0.05, 0.1) is 16.2 Å². The number of alkyl halides is 3. The van der Waals surface area contributed by atoms with Crippen LogP contribution in [0.4, 0.5) is 23.2 Å². The Bertz CT molecular complexity index is 1260. The molecule has 0 unspecified atom stereocenters. The lowest BCUT2D eigenvalue weighted by atomic mass is 9.83. The second-order valence-electron chi connectivity index (χ2n) is 9.62. The molecule has 1 aliphatic rings. The monoisotopic (exact) mass is 548 g/mol. The summed E-state index contributed by atoms with van der Waals surface area (Å²) in [4.78, 5) is 15.0. The number of carbonyl (C=O) groups excluding carboxylic acids is 1. The minimum atomic E-state index is -4.60. The van der Waals surface area contributed by atoms with E-state index in [-0.39, 0.29) is 30.6 Å². The van der Waals surface area contributed by atoms with Crippen LogP contribution in [0.3, 0.4) is 0 Å². The molecule has 0 atom stereocenters. The van der Waals surface area contributed by atoms with Crippen LogP contribution in [-0.2, 0) is 18.3 Å². The highest BCUT2D eigenvalue weighted by molar-refractivity contribution is 6.31. The Morgan fingerprint density at radius 2 is 1.74 bits per heavy atom. The largest absolute Gasteiger partial charge is 0.417 e. The van der Waals surface area contributed by atoms with E-state index in [0.717, 1.165) is 11.6 Å². The van der Waals surface area contributed by atoms with Crippen molar-refractivity contribution in [1.82, 2.24) is 4.90 Å². The van der Waals surface area contributed by atoms with Crippen LogP contribution in [0.1, 0.15) is 52.7 Å². The second-order valence-corrected chi connectivity index (χ2v) is 10.0. The number of piperidine rings is 1. The first-order valence-electron chi connectivity index (χ1n) is 12.5. The molecule has 2 N–H and O–H groups in total. The Hall–Kier alpha value is -2.94. The minimum Gasteiger partial charge on any atom is -0.385 e. The predicted molar refractivity (Wildman–Crippen MR) is 140 cm³/mol. The van der Waals surface area contributed by atoms with Gasteiger partial charge in [-0.25, -0.2) is 4.39 Å². The maximum Gasteiger partial charge on any atom is 0.417 e. The molecule has 202 valence electrons. The van der Waals surface area contributed by atoms with Gasteiger partial charge in [-0.3, -0.25) is 4.79 Å². The Morgan fingerprint density at radius 1 is 1.03 bits per heavy atom. The van der Waals surface area contributed by atoms with E-state index in [1.165, 1.54) is 30.3 Å². The Kier molecular flexibility index (Phi) is 8.75. The van der Waals surface area contributed by atoms with Gasteiger partial charge in [0.25, 0.3) is 0 Å². The highest BCUT2D eigenvalue weighted by atomic mass is 35.5. The van der Waals surface area contributed by atoms with Crippen LogP contribution in [-0.4, -0.2) is 35.4 Å². The van der Waals surface area contributed by atoms with Crippen molar-refractivity contribution in [2.45, 2.75) is 44.0 Å². The topological polar surface area (TPSA) is 52.6 Å². The van der Waals surface area contributed by atoms with Crippen molar-refractivity contribution in [3.63, 3.8) is 0 Å². The molecule has 1 heterocycles. The van der Waals surface area contributed by atoms with E-state index in [4.69, 9.17) is 11.6 Å². The highest BCUT2D eigenvalue weighted by Crippen LogP contribution is 2.40. The molecule has 0 spiro atoms. The lowest BCUT2D eigenvalue weighted by Crippen LogP contribution is -2.43.